The van der Waals surface area contributed by atoms with Crippen molar-refractivity contribution in [1.82, 2.24) is 19.9 Å². The van der Waals surface area contributed by atoms with Crippen LogP contribution in [0.3, 0.4) is 0 Å². The van der Waals surface area contributed by atoms with Gasteiger partial charge in [-0.05, 0) is 28.1 Å². The summed E-state index contributed by atoms with van der Waals surface area (Å²) >= 11 is 3.43. The van der Waals surface area contributed by atoms with Gasteiger partial charge >= 0.3 is 0 Å². The smallest absolute Gasteiger partial charge is 0.246 e. The predicted molar refractivity (Wildman–Crippen MR) is 73.9 cm³/mol. The van der Waals surface area contributed by atoms with E-state index in [-0.39, 0.29) is 5.91 Å². The fourth-order valence-electron chi connectivity index (χ4n) is 2.18. The summed E-state index contributed by atoms with van der Waals surface area (Å²) in [7, 11) is 0. The topological polar surface area (TPSA) is 88.5 Å². The standard InChI is InChI=1S/C11H13BrN6O/c12-7-2-1-4-18-10(7)15-11(16-18)17-5-3-14-6-8(17)9(13)19/h1-2,4,8,14H,3,5-6H2,(H2,13,19). The molecule has 0 bridgehead atoms. The van der Waals surface area contributed by atoms with Crippen molar-refractivity contribution in [3.05, 3.63) is 22.8 Å². The first-order valence-electron chi connectivity index (χ1n) is 5.94. The summed E-state index contributed by atoms with van der Waals surface area (Å²) in [6, 6.07) is 3.36. The van der Waals surface area contributed by atoms with Gasteiger partial charge in [-0.15, -0.1) is 5.10 Å². The maximum atomic E-state index is 11.5. The molecule has 1 aliphatic heterocycles. The van der Waals surface area contributed by atoms with Crippen molar-refractivity contribution in [3.8, 4) is 0 Å². The predicted octanol–water partition coefficient (Wildman–Crippen LogP) is -0.245. The van der Waals surface area contributed by atoms with E-state index in [0.717, 1.165) is 16.7 Å². The van der Waals surface area contributed by atoms with Crippen molar-refractivity contribution in [2.24, 2.45) is 5.73 Å². The third-order valence-corrected chi connectivity index (χ3v) is 3.75. The number of anilines is 1. The Kier molecular flexibility index (Phi) is 3.11. The van der Waals surface area contributed by atoms with Crippen molar-refractivity contribution >= 4 is 33.4 Å². The Morgan fingerprint density at radius 2 is 2.42 bits per heavy atom. The molecule has 19 heavy (non-hydrogen) atoms. The molecule has 0 spiro atoms. The van der Waals surface area contributed by atoms with Crippen molar-refractivity contribution in [3.63, 3.8) is 0 Å². The average Bonchev–Trinajstić information content (AvgIpc) is 2.84. The molecular formula is C11H13BrN6O. The van der Waals surface area contributed by atoms with Crippen molar-refractivity contribution < 1.29 is 4.79 Å². The van der Waals surface area contributed by atoms with Crippen LogP contribution in [0, 0.1) is 0 Å². The minimum atomic E-state index is -0.412. The molecule has 0 aliphatic carbocycles. The number of nitrogens with zero attached hydrogens (tertiary/aromatic N) is 4. The Labute approximate surface area is 117 Å². The molecule has 3 rings (SSSR count). The van der Waals surface area contributed by atoms with Crippen LogP contribution in [0.1, 0.15) is 0 Å². The van der Waals surface area contributed by atoms with Crippen LogP contribution in [0.4, 0.5) is 5.95 Å². The number of rotatable bonds is 2. The van der Waals surface area contributed by atoms with Gasteiger partial charge in [0, 0.05) is 25.8 Å². The zero-order valence-corrected chi connectivity index (χ0v) is 11.7. The SMILES string of the molecule is NC(=O)C1CNCCN1c1nc2c(Br)cccn2n1. The fourth-order valence-corrected chi connectivity index (χ4v) is 2.60. The van der Waals surface area contributed by atoms with Gasteiger partial charge in [0.1, 0.15) is 6.04 Å². The number of hydrogen-bond acceptors (Lipinski definition) is 5. The maximum Gasteiger partial charge on any atom is 0.246 e. The number of primary amides is 1. The van der Waals surface area contributed by atoms with E-state index < -0.39 is 6.04 Å². The summed E-state index contributed by atoms with van der Waals surface area (Å²) in [6.45, 7) is 1.95. The van der Waals surface area contributed by atoms with Crippen molar-refractivity contribution in [2.75, 3.05) is 24.5 Å². The molecule has 3 heterocycles. The number of piperazine rings is 1. The van der Waals surface area contributed by atoms with Gasteiger partial charge in [0.05, 0.1) is 4.47 Å². The van der Waals surface area contributed by atoms with Crippen LogP contribution in [-0.4, -0.2) is 46.2 Å². The van der Waals surface area contributed by atoms with Gasteiger partial charge in [0.25, 0.3) is 0 Å². The molecule has 1 aliphatic rings. The zero-order valence-electron chi connectivity index (χ0n) is 10.1. The highest BCUT2D eigenvalue weighted by molar-refractivity contribution is 9.10. The molecule has 100 valence electrons. The van der Waals surface area contributed by atoms with E-state index >= 15 is 0 Å². The highest BCUT2D eigenvalue weighted by Gasteiger charge is 2.29. The van der Waals surface area contributed by atoms with Crippen LogP contribution >= 0.6 is 15.9 Å². The molecule has 1 fully saturated rings. The van der Waals surface area contributed by atoms with E-state index in [2.05, 4.69) is 31.3 Å². The Hall–Kier alpha value is -1.67. The number of pyridine rings is 1. The van der Waals surface area contributed by atoms with Crippen molar-refractivity contribution in [2.45, 2.75) is 6.04 Å². The number of aromatic nitrogens is 3. The Morgan fingerprint density at radius 1 is 1.58 bits per heavy atom. The fraction of sp³-hybridized carbons (Fsp3) is 0.364. The number of carbonyl (C=O) groups is 1. The molecule has 1 amide bonds. The molecule has 8 heteroatoms. The minimum Gasteiger partial charge on any atom is -0.368 e. The lowest BCUT2D eigenvalue weighted by Gasteiger charge is -2.33. The molecule has 2 aromatic rings. The van der Waals surface area contributed by atoms with Gasteiger partial charge in [0.15, 0.2) is 5.65 Å². The van der Waals surface area contributed by atoms with Crippen LogP contribution in [0.15, 0.2) is 22.8 Å². The van der Waals surface area contributed by atoms with Crippen LogP contribution in [0.25, 0.3) is 5.65 Å². The summed E-state index contributed by atoms with van der Waals surface area (Å²) in [5, 5.41) is 7.54. The number of nitrogens with one attached hydrogen (secondary N) is 1. The second kappa shape index (κ2) is 4.78. The van der Waals surface area contributed by atoms with E-state index in [9.17, 15) is 4.79 Å². The zero-order chi connectivity index (χ0) is 13.4. The van der Waals surface area contributed by atoms with E-state index in [0.29, 0.717) is 19.0 Å². The van der Waals surface area contributed by atoms with Gasteiger partial charge in [-0.25, -0.2) is 4.52 Å². The molecule has 3 N–H and O–H groups in total. The molecule has 0 aromatic carbocycles. The molecule has 0 saturated carbocycles. The van der Waals surface area contributed by atoms with E-state index in [4.69, 9.17) is 5.73 Å². The molecule has 7 nitrogen and oxygen atoms in total. The van der Waals surface area contributed by atoms with Gasteiger partial charge in [0.2, 0.25) is 11.9 Å². The van der Waals surface area contributed by atoms with Crippen LogP contribution in [-0.2, 0) is 4.79 Å². The highest BCUT2D eigenvalue weighted by atomic mass is 79.9. The first-order valence-corrected chi connectivity index (χ1v) is 6.73. The summed E-state index contributed by atoms with van der Waals surface area (Å²) in [6.07, 6.45) is 1.82. The lowest BCUT2D eigenvalue weighted by atomic mass is 10.2. The van der Waals surface area contributed by atoms with E-state index in [1.807, 2.05) is 23.2 Å². The number of nitrogens with two attached hydrogens (primary N) is 1. The average molecular weight is 325 g/mol. The molecule has 1 atom stereocenters. The van der Waals surface area contributed by atoms with Crippen LogP contribution < -0.4 is 16.0 Å². The lowest BCUT2D eigenvalue weighted by Crippen LogP contribution is -2.57. The Morgan fingerprint density at radius 3 is 3.16 bits per heavy atom. The Balaban J connectivity index is 2.02. The van der Waals surface area contributed by atoms with Crippen LogP contribution in [0.5, 0.6) is 0 Å². The number of halogens is 1. The number of amides is 1. The van der Waals surface area contributed by atoms with Gasteiger partial charge < -0.3 is 16.0 Å². The van der Waals surface area contributed by atoms with Crippen molar-refractivity contribution in [1.29, 1.82) is 0 Å². The van der Waals surface area contributed by atoms with E-state index in [1.54, 1.807) is 4.52 Å². The molecule has 0 radical (unpaired) electrons. The third-order valence-electron chi connectivity index (χ3n) is 3.13. The number of fused-ring (bicyclic) bond motifs is 1. The Bertz CT molecular complexity index is 627. The van der Waals surface area contributed by atoms with E-state index in [1.165, 1.54) is 0 Å². The molecular weight excluding hydrogens is 312 g/mol. The summed E-state index contributed by atoms with van der Waals surface area (Å²) in [5.74, 6) is 0.155. The second-order valence-electron chi connectivity index (χ2n) is 4.35. The second-order valence-corrected chi connectivity index (χ2v) is 5.21. The molecule has 1 saturated heterocycles. The summed E-state index contributed by atoms with van der Waals surface area (Å²) in [5.41, 5.74) is 6.15. The van der Waals surface area contributed by atoms with Crippen LogP contribution in [0.2, 0.25) is 0 Å². The number of carbonyl (C=O) groups excluding carboxylic acids is 1. The maximum absolute atomic E-state index is 11.5. The van der Waals surface area contributed by atoms with Gasteiger partial charge in [-0.2, -0.15) is 4.98 Å². The molecule has 1 unspecified atom stereocenters. The molecule has 2 aromatic heterocycles. The third kappa shape index (κ3) is 2.17. The summed E-state index contributed by atoms with van der Waals surface area (Å²) in [4.78, 5) is 17.8. The highest BCUT2D eigenvalue weighted by Crippen LogP contribution is 2.20. The first kappa shape index (κ1) is 12.4. The van der Waals surface area contributed by atoms with Gasteiger partial charge in [-0.1, -0.05) is 0 Å². The number of hydrogen-bond donors (Lipinski definition) is 2. The lowest BCUT2D eigenvalue weighted by molar-refractivity contribution is -0.119. The first-order chi connectivity index (χ1) is 9.16. The normalized spacial score (nSPS) is 19.8. The quantitative estimate of drug-likeness (QED) is 0.795. The monoisotopic (exact) mass is 324 g/mol. The largest absolute Gasteiger partial charge is 0.368 e. The summed E-state index contributed by atoms with van der Waals surface area (Å²) < 4.78 is 2.54. The van der Waals surface area contributed by atoms with Gasteiger partial charge in [-0.3, -0.25) is 4.79 Å². The minimum absolute atomic E-state index is 0.370.